The minimum absolute atomic E-state index is 0.262. The Morgan fingerprint density at radius 1 is 1.39 bits per heavy atom. The number of nitrogens with zero attached hydrogens (tertiary/aromatic N) is 1. The minimum atomic E-state index is 0.262. The molecule has 0 unspecified atom stereocenters. The molecule has 3 N–H and O–H groups in total. The number of rotatable bonds is 3. The van der Waals surface area contributed by atoms with Crippen LogP contribution in [0.4, 0.5) is 0 Å². The van der Waals surface area contributed by atoms with Crippen molar-refractivity contribution in [3.8, 4) is 0 Å². The van der Waals surface area contributed by atoms with Gasteiger partial charge in [0.05, 0.1) is 17.6 Å². The second kappa shape index (κ2) is 9.22. The maximum absolute atomic E-state index is 5.50. The van der Waals surface area contributed by atoms with E-state index in [1.54, 1.807) is 6.20 Å². The highest BCUT2D eigenvalue weighted by atomic mass is 15.0. The highest BCUT2D eigenvalue weighted by Crippen LogP contribution is 2.13. The van der Waals surface area contributed by atoms with Crippen LogP contribution in [-0.2, 0) is 0 Å². The van der Waals surface area contributed by atoms with Crippen LogP contribution in [0.25, 0.3) is 5.70 Å². The number of H-pyrrole nitrogens is 1. The molecule has 0 saturated carbocycles. The summed E-state index contributed by atoms with van der Waals surface area (Å²) in [6.07, 6.45) is 1.80. The Kier molecular flexibility index (Phi) is 9.48. The SMILES string of the molecule is C=C.C=C(NCC(C)(C)C)c1cnc(C)[nH]1.C=N. The lowest BCUT2D eigenvalue weighted by Gasteiger charge is -2.20. The third kappa shape index (κ3) is 8.33. The van der Waals surface area contributed by atoms with Crippen LogP contribution in [0.3, 0.4) is 0 Å². The molecule has 4 heteroatoms. The zero-order valence-corrected chi connectivity index (χ0v) is 12.1. The van der Waals surface area contributed by atoms with Gasteiger partial charge < -0.3 is 15.7 Å². The second-order valence-corrected chi connectivity index (χ2v) is 4.78. The first-order chi connectivity index (χ1) is 8.38. The van der Waals surface area contributed by atoms with Crippen molar-refractivity contribution < 1.29 is 0 Å². The lowest BCUT2D eigenvalue weighted by molar-refractivity contribution is 0.405. The average molecular weight is 250 g/mol. The van der Waals surface area contributed by atoms with Crippen molar-refractivity contribution in [2.75, 3.05) is 6.54 Å². The van der Waals surface area contributed by atoms with Crippen molar-refractivity contribution in [3.05, 3.63) is 37.5 Å². The number of hydrogen-bond acceptors (Lipinski definition) is 3. The van der Waals surface area contributed by atoms with Crippen LogP contribution in [-0.4, -0.2) is 23.2 Å². The van der Waals surface area contributed by atoms with Gasteiger partial charge in [0.2, 0.25) is 0 Å². The topological polar surface area (TPSA) is 64.6 Å². The molecular formula is C14H26N4. The van der Waals surface area contributed by atoms with Gasteiger partial charge in [-0.05, 0) is 19.1 Å². The lowest BCUT2D eigenvalue weighted by atomic mass is 9.97. The highest BCUT2D eigenvalue weighted by Gasteiger charge is 2.10. The Bertz CT molecular complexity index is 345. The van der Waals surface area contributed by atoms with Crippen LogP contribution in [0, 0.1) is 17.7 Å². The largest absolute Gasteiger partial charge is 0.383 e. The van der Waals surface area contributed by atoms with Crippen LogP contribution in [0.15, 0.2) is 25.9 Å². The molecule has 0 aliphatic rings. The van der Waals surface area contributed by atoms with Crippen LogP contribution < -0.4 is 5.32 Å². The van der Waals surface area contributed by atoms with E-state index in [2.05, 4.69) is 62.5 Å². The molecule has 102 valence electrons. The molecule has 0 saturated heterocycles. The number of aryl methyl sites for hydroxylation is 1. The predicted molar refractivity (Wildman–Crippen MR) is 80.9 cm³/mol. The van der Waals surface area contributed by atoms with Gasteiger partial charge in [0.1, 0.15) is 5.82 Å². The van der Waals surface area contributed by atoms with Crippen molar-refractivity contribution in [1.82, 2.24) is 15.3 Å². The van der Waals surface area contributed by atoms with E-state index in [0.29, 0.717) is 0 Å². The molecule has 0 radical (unpaired) electrons. The summed E-state index contributed by atoms with van der Waals surface area (Å²) in [5, 5.41) is 8.79. The zero-order valence-electron chi connectivity index (χ0n) is 12.1. The molecule has 0 aliphatic heterocycles. The first-order valence-corrected chi connectivity index (χ1v) is 5.68. The normalized spacial score (nSPS) is 9.33. The molecule has 0 fully saturated rings. The number of aromatic amines is 1. The van der Waals surface area contributed by atoms with Gasteiger partial charge in [0.25, 0.3) is 0 Å². The van der Waals surface area contributed by atoms with E-state index in [9.17, 15) is 0 Å². The summed E-state index contributed by atoms with van der Waals surface area (Å²) in [7, 11) is 0. The lowest BCUT2D eigenvalue weighted by Crippen LogP contribution is -2.25. The molecule has 0 aromatic carbocycles. The highest BCUT2D eigenvalue weighted by molar-refractivity contribution is 5.57. The fourth-order valence-electron chi connectivity index (χ4n) is 1.04. The summed E-state index contributed by atoms with van der Waals surface area (Å²) in [4.78, 5) is 7.26. The first-order valence-electron chi connectivity index (χ1n) is 5.68. The van der Waals surface area contributed by atoms with Crippen LogP contribution >= 0.6 is 0 Å². The molecule has 0 bridgehead atoms. The van der Waals surface area contributed by atoms with E-state index in [4.69, 9.17) is 5.41 Å². The van der Waals surface area contributed by atoms with E-state index in [0.717, 1.165) is 23.8 Å². The fraction of sp³-hybridized carbons (Fsp3) is 0.429. The van der Waals surface area contributed by atoms with Crippen LogP contribution in [0.5, 0.6) is 0 Å². The summed E-state index contributed by atoms with van der Waals surface area (Å²) >= 11 is 0. The molecule has 1 rings (SSSR count). The minimum Gasteiger partial charge on any atom is -0.383 e. The summed E-state index contributed by atoms with van der Waals surface area (Å²) < 4.78 is 0. The second-order valence-electron chi connectivity index (χ2n) is 4.78. The fourth-order valence-corrected chi connectivity index (χ4v) is 1.04. The van der Waals surface area contributed by atoms with Gasteiger partial charge in [0, 0.05) is 6.54 Å². The van der Waals surface area contributed by atoms with Gasteiger partial charge in [0.15, 0.2) is 0 Å². The van der Waals surface area contributed by atoms with E-state index >= 15 is 0 Å². The van der Waals surface area contributed by atoms with Gasteiger partial charge in [-0.15, -0.1) is 13.2 Å². The number of hydrogen-bond donors (Lipinski definition) is 3. The van der Waals surface area contributed by atoms with Crippen molar-refractivity contribution in [2.24, 2.45) is 5.41 Å². The number of nitrogens with one attached hydrogen (secondary N) is 3. The summed E-state index contributed by atoms with van der Waals surface area (Å²) in [6, 6.07) is 0. The van der Waals surface area contributed by atoms with Crippen molar-refractivity contribution in [2.45, 2.75) is 27.7 Å². The van der Waals surface area contributed by atoms with Crippen LogP contribution in [0.1, 0.15) is 32.3 Å². The maximum Gasteiger partial charge on any atom is 0.103 e. The third-order valence-electron chi connectivity index (χ3n) is 1.86. The predicted octanol–water partition coefficient (Wildman–Crippen LogP) is 3.39. The van der Waals surface area contributed by atoms with E-state index in [1.807, 2.05) is 6.92 Å². The molecule has 4 nitrogen and oxygen atoms in total. The Morgan fingerprint density at radius 3 is 2.22 bits per heavy atom. The quantitative estimate of drug-likeness (QED) is 0.568. The van der Waals surface area contributed by atoms with Crippen molar-refractivity contribution in [3.63, 3.8) is 0 Å². The molecule has 1 aromatic rings. The van der Waals surface area contributed by atoms with E-state index in [1.165, 1.54) is 0 Å². The maximum atomic E-state index is 5.50. The van der Waals surface area contributed by atoms with Crippen molar-refractivity contribution in [1.29, 1.82) is 5.41 Å². The molecule has 1 heterocycles. The Labute approximate surface area is 111 Å². The molecule has 1 aromatic heterocycles. The Balaban J connectivity index is 0. The Hall–Kier alpha value is -1.84. The van der Waals surface area contributed by atoms with Gasteiger partial charge in [-0.3, -0.25) is 0 Å². The first kappa shape index (κ1) is 18.5. The zero-order chi connectivity index (χ0) is 14.8. The smallest absolute Gasteiger partial charge is 0.103 e. The summed E-state index contributed by atoms with van der Waals surface area (Å²) in [6.45, 7) is 21.9. The summed E-state index contributed by atoms with van der Waals surface area (Å²) in [5.41, 5.74) is 2.13. The van der Waals surface area contributed by atoms with Gasteiger partial charge in [-0.25, -0.2) is 4.98 Å². The molecule has 0 amide bonds. The molecule has 0 atom stereocenters. The molecular weight excluding hydrogens is 224 g/mol. The third-order valence-corrected chi connectivity index (χ3v) is 1.86. The number of imidazole rings is 1. The standard InChI is InChI=1S/C11H19N3.C2H4.CH3N/c1-8(13-7-11(3,4)5)10-6-12-9(2)14-10;2*1-2/h6,13H,1,7H2,2-5H3,(H,12,14);1-2H2;2H,1H2. The summed E-state index contributed by atoms with van der Waals surface area (Å²) in [5.74, 6) is 0.915. The van der Waals surface area contributed by atoms with Gasteiger partial charge in [-0.1, -0.05) is 27.4 Å². The van der Waals surface area contributed by atoms with E-state index < -0.39 is 0 Å². The molecule has 18 heavy (non-hydrogen) atoms. The Morgan fingerprint density at radius 2 is 1.89 bits per heavy atom. The van der Waals surface area contributed by atoms with E-state index in [-0.39, 0.29) is 5.41 Å². The van der Waals surface area contributed by atoms with Crippen molar-refractivity contribution >= 4 is 12.4 Å². The van der Waals surface area contributed by atoms with Gasteiger partial charge in [-0.2, -0.15) is 0 Å². The average Bonchev–Trinajstić information content (AvgIpc) is 2.77. The van der Waals surface area contributed by atoms with Gasteiger partial charge >= 0.3 is 0 Å². The number of aromatic nitrogens is 2. The molecule has 0 aliphatic carbocycles. The molecule has 0 spiro atoms. The van der Waals surface area contributed by atoms with Crippen LogP contribution in [0.2, 0.25) is 0 Å². The monoisotopic (exact) mass is 250 g/mol.